The molecule has 1 N–H and O–H groups in total. The molecule has 0 bridgehead atoms. The lowest BCUT2D eigenvalue weighted by Crippen LogP contribution is -2.18. The Morgan fingerprint density at radius 2 is 1.93 bits per heavy atom. The van der Waals surface area contributed by atoms with E-state index in [0.717, 1.165) is 30.4 Å². The second kappa shape index (κ2) is 4.71. The quantitative estimate of drug-likeness (QED) is 0.745. The van der Waals surface area contributed by atoms with Crippen molar-refractivity contribution in [1.82, 2.24) is 15.3 Å². The summed E-state index contributed by atoms with van der Waals surface area (Å²) in [5.74, 6) is 0. The van der Waals surface area contributed by atoms with Gasteiger partial charge in [0.05, 0.1) is 0 Å². The van der Waals surface area contributed by atoms with Gasteiger partial charge >= 0.3 is 0 Å². The first-order chi connectivity index (χ1) is 7.27. The lowest BCUT2D eigenvalue weighted by molar-refractivity contribution is 0.641. The number of aryl methyl sites for hydroxylation is 2. The van der Waals surface area contributed by atoms with Crippen molar-refractivity contribution in [3.05, 3.63) is 23.3 Å². The Morgan fingerprint density at radius 1 is 1.27 bits per heavy atom. The van der Waals surface area contributed by atoms with E-state index < -0.39 is 0 Å². The van der Waals surface area contributed by atoms with Crippen LogP contribution in [0.2, 0.25) is 0 Å². The Kier molecular flexibility index (Phi) is 3.31. The van der Waals surface area contributed by atoms with E-state index in [1.165, 1.54) is 24.8 Å². The van der Waals surface area contributed by atoms with E-state index in [4.69, 9.17) is 0 Å². The van der Waals surface area contributed by atoms with Crippen molar-refractivity contribution in [2.45, 2.75) is 45.6 Å². The number of rotatable bonds is 5. The smallest absolute Gasteiger partial charge is 0.115 e. The van der Waals surface area contributed by atoms with Gasteiger partial charge < -0.3 is 5.32 Å². The fourth-order valence-corrected chi connectivity index (χ4v) is 1.84. The van der Waals surface area contributed by atoms with Gasteiger partial charge in [-0.1, -0.05) is 0 Å². The maximum Gasteiger partial charge on any atom is 0.115 e. The summed E-state index contributed by atoms with van der Waals surface area (Å²) in [6, 6.07) is 0.819. The average molecular weight is 205 g/mol. The fourth-order valence-electron chi connectivity index (χ4n) is 1.84. The summed E-state index contributed by atoms with van der Waals surface area (Å²) in [6.07, 6.45) is 6.67. The first kappa shape index (κ1) is 10.6. The average Bonchev–Trinajstić information content (AvgIpc) is 3.00. The topological polar surface area (TPSA) is 37.8 Å². The summed E-state index contributed by atoms with van der Waals surface area (Å²) in [6.45, 7) is 5.26. The number of aromatic nitrogens is 2. The molecule has 0 atom stereocenters. The largest absolute Gasteiger partial charge is 0.314 e. The highest BCUT2D eigenvalue weighted by molar-refractivity contribution is 5.22. The van der Waals surface area contributed by atoms with Crippen molar-refractivity contribution < 1.29 is 0 Å². The van der Waals surface area contributed by atoms with E-state index in [1.807, 2.05) is 0 Å². The molecule has 1 aromatic rings. The molecule has 0 aromatic carbocycles. The predicted octanol–water partition coefficient (Wildman–Crippen LogP) is 1.78. The Balaban J connectivity index is 1.80. The molecule has 1 aliphatic carbocycles. The molecule has 1 aliphatic rings. The van der Waals surface area contributed by atoms with Crippen LogP contribution in [0.5, 0.6) is 0 Å². The molecule has 1 saturated carbocycles. The minimum absolute atomic E-state index is 0.819. The first-order valence-electron chi connectivity index (χ1n) is 5.78. The molecule has 3 heteroatoms. The monoisotopic (exact) mass is 205 g/mol. The molecule has 0 aliphatic heterocycles. The van der Waals surface area contributed by atoms with Gasteiger partial charge in [0.25, 0.3) is 0 Å². The van der Waals surface area contributed by atoms with Gasteiger partial charge in [-0.05, 0) is 51.6 Å². The lowest BCUT2D eigenvalue weighted by atomic mass is 10.1. The Labute approximate surface area is 91.3 Å². The van der Waals surface area contributed by atoms with E-state index >= 15 is 0 Å². The lowest BCUT2D eigenvalue weighted by Gasteiger charge is -2.07. The number of hydrogen-bond acceptors (Lipinski definition) is 3. The van der Waals surface area contributed by atoms with E-state index in [1.54, 1.807) is 6.33 Å². The maximum absolute atomic E-state index is 4.23. The van der Waals surface area contributed by atoms with Gasteiger partial charge in [-0.15, -0.1) is 0 Å². The van der Waals surface area contributed by atoms with E-state index in [0.29, 0.717) is 0 Å². The maximum atomic E-state index is 4.23. The Morgan fingerprint density at radius 3 is 2.53 bits per heavy atom. The number of nitrogens with zero attached hydrogens (tertiary/aromatic N) is 2. The van der Waals surface area contributed by atoms with Crippen molar-refractivity contribution in [2.75, 3.05) is 6.54 Å². The SMILES string of the molecule is Cc1ncnc(C)c1CCCNC1CC1. The van der Waals surface area contributed by atoms with Gasteiger partial charge in [-0.25, -0.2) is 9.97 Å². The highest BCUT2D eigenvalue weighted by Gasteiger charge is 2.19. The third kappa shape index (κ3) is 2.99. The molecule has 1 aromatic heterocycles. The number of hydrogen-bond donors (Lipinski definition) is 1. The van der Waals surface area contributed by atoms with E-state index in [-0.39, 0.29) is 0 Å². The van der Waals surface area contributed by atoms with Gasteiger partial charge in [0.1, 0.15) is 6.33 Å². The highest BCUT2D eigenvalue weighted by atomic mass is 14.9. The minimum atomic E-state index is 0.819. The zero-order valence-corrected chi connectivity index (χ0v) is 9.58. The first-order valence-corrected chi connectivity index (χ1v) is 5.78. The molecule has 0 radical (unpaired) electrons. The van der Waals surface area contributed by atoms with Crippen LogP contribution < -0.4 is 5.32 Å². The third-order valence-corrected chi connectivity index (χ3v) is 2.99. The summed E-state index contributed by atoms with van der Waals surface area (Å²) < 4.78 is 0. The summed E-state index contributed by atoms with van der Waals surface area (Å²) in [7, 11) is 0. The zero-order chi connectivity index (χ0) is 10.7. The molecule has 2 rings (SSSR count). The molecule has 3 nitrogen and oxygen atoms in total. The van der Waals surface area contributed by atoms with Crippen LogP contribution in [0.4, 0.5) is 0 Å². The van der Waals surface area contributed by atoms with Crippen molar-refractivity contribution in [2.24, 2.45) is 0 Å². The molecule has 1 heterocycles. The second-order valence-corrected chi connectivity index (χ2v) is 4.35. The standard InChI is InChI=1S/C12H19N3/c1-9-12(10(2)15-8-14-9)4-3-7-13-11-5-6-11/h8,11,13H,3-7H2,1-2H3. The van der Waals surface area contributed by atoms with Crippen LogP contribution in [0.1, 0.15) is 36.2 Å². The van der Waals surface area contributed by atoms with Gasteiger partial charge in [0.15, 0.2) is 0 Å². The second-order valence-electron chi connectivity index (χ2n) is 4.35. The summed E-state index contributed by atoms with van der Waals surface area (Å²) in [5, 5.41) is 3.52. The van der Waals surface area contributed by atoms with E-state index in [9.17, 15) is 0 Å². The van der Waals surface area contributed by atoms with Gasteiger partial charge in [-0.2, -0.15) is 0 Å². The number of nitrogens with one attached hydrogen (secondary N) is 1. The Hall–Kier alpha value is -0.960. The van der Waals surface area contributed by atoms with Crippen molar-refractivity contribution in [1.29, 1.82) is 0 Å². The fraction of sp³-hybridized carbons (Fsp3) is 0.667. The van der Waals surface area contributed by atoms with Crippen LogP contribution in [0, 0.1) is 13.8 Å². The third-order valence-electron chi connectivity index (χ3n) is 2.99. The van der Waals surface area contributed by atoms with Gasteiger partial charge in [-0.3, -0.25) is 0 Å². The zero-order valence-electron chi connectivity index (χ0n) is 9.58. The van der Waals surface area contributed by atoms with Gasteiger partial charge in [0, 0.05) is 17.4 Å². The normalized spacial score (nSPS) is 15.6. The Bertz CT molecular complexity index is 311. The molecule has 0 spiro atoms. The summed E-state index contributed by atoms with van der Waals surface area (Å²) in [5.41, 5.74) is 3.60. The van der Waals surface area contributed by atoms with Crippen LogP contribution in [0.3, 0.4) is 0 Å². The summed E-state index contributed by atoms with van der Waals surface area (Å²) >= 11 is 0. The molecule has 0 amide bonds. The highest BCUT2D eigenvalue weighted by Crippen LogP contribution is 2.18. The molecule has 0 unspecified atom stereocenters. The van der Waals surface area contributed by atoms with Gasteiger partial charge in [0.2, 0.25) is 0 Å². The molecule has 15 heavy (non-hydrogen) atoms. The molecule has 82 valence electrons. The van der Waals surface area contributed by atoms with Crippen LogP contribution in [0.15, 0.2) is 6.33 Å². The molecular formula is C12H19N3. The van der Waals surface area contributed by atoms with Crippen LogP contribution >= 0.6 is 0 Å². The van der Waals surface area contributed by atoms with Crippen molar-refractivity contribution >= 4 is 0 Å². The molecule has 1 fully saturated rings. The van der Waals surface area contributed by atoms with Crippen molar-refractivity contribution in [3.8, 4) is 0 Å². The molecule has 0 saturated heterocycles. The van der Waals surface area contributed by atoms with Crippen LogP contribution in [-0.2, 0) is 6.42 Å². The summed E-state index contributed by atoms with van der Waals surface area (Å²) in [4.78, 5) is 8.47. The van der Waals surface area contributed by atoms with Crippen LogP contribution in [0.25, 0.3) is 0 Å². The van der Waals surface area contributed by atoms with E-state index in [2.05, 4.69) is 29.1 Å². The predicted molar refractivity (Wildman–Crippen MR) is 60.9 cm³/mol. The van der Waals surface area contributed by atoms with Crippen LogP contribution in [-0.4, -0.2) is 22.6 Å². The van der Waals surface area contributed by atoms with Crippen molar-refractivity contribution in [3.63, 3.8) is 0 Å². The molecular weight excluding hydrogens is 186 g/mol. The minimum Gasteiger partial charge on any atom is -0.314 e.